The van der Waals surface area contributed by atoms with Gasteiger partial charge < -0.3 is 10.6 Å². The monoisotopic (exact) mass is 383 g/mol. The fourth-order valence-electron chi connectivity index (χ4n) is 2.32. The second-order valence-corrected chi connectivity index (χ2v) is 6.45. The van der Waals surface area contributed by atoms with Gasteiger partial charge in [0.25, 0.3) is 0 Å². The lowest BCUT2D eigenvalue weighted by atomic mass is 10.1. The number of hydrogen-bond acceptors (Lipinski definition) is 5. The van der Waals surface area contributed by atoms with Gasteiger partial charge in [0.05, 0.1) is 6.20 Å². The van der Waals surface area contributed by atoms with E-state index in [4.69, 9.17) is 0 Å². The molecule has 0 fully saturated rings. The quantitative estimate of drug-likeness (QED) is 0.673. The molecule has 5 nitrogen and oxygen atoms in total. The van der Waals surface area contributed by atoms with Gasteiger partial charge in [0.1, 0.15) is 0 Å². The van der Waals surface area contributed by atoms with Crippen LogP contribution in [0.25, 0.3) is 0 Å². The number of benzene rings is 2. The molecule has 3 aromatic rings. The van der Waals surface area contributed by atoms with Gasteiger partial charge in [-0.15, -0.1) is 5.10 Å². The van der Waals surface area contributed by atoms with Gasteiger partial charge in [0.2, 0.25) is 5.95 Å². The topological polar surface area (TPSA) is 62.7 Å². The normalized spacial score (nSPS) is 10.5. The average Bonchev–Trinajstić information content (AvgIpc) is 2.57. The molecule has 0 saturated heterocycles. The Hall–Kier alpha value is -2.47. The van der Waals surface area contributed by atoms with Crippen LogP contribution < -0.4 is 10.6 Å². The average molecular weight is 384 g/mol. The Morgan fingerprint density at radius 3 is 2.67 bits per heavy atom. The molecule has 2 N–H and O–H groups in total. The first-order chi connectivity index (χ1) is 11.6. The molecule has 6 heteroatoms. The van der Waals surface area contributed by atoms with Crippen LogP contribution in [-0.4, -0.2) is 15.2 Å². The van der Waals surface area contributed by atoms with Crippen LogP contribution in [0.15, 0.2) is 53.1 Å². The molecule has 0 unspecified atom stereocenters. The number of rotatable bonds is 5. The molecule has 0 bridgehead atoms. The highest BCUT2D eigenvalue weighted by Crippen LogP contribution is 2.22. The lowest BCUT2D eigenvalue weighted by Crippen LogP contribution is -2.06. The van der Waals surface area contributed by atoms with E-state index in [0.717, 1.165) is 15.7 Å². The van der Waals surface area contributed by atoms with Gasteiger partial charge in [-0.3, -0.25) is 0 Å². The maximum atomic E-state index is 4.47. The number of halogens is 1. The highest BCUT2D eigenvalue weighted by Gasteiger charge is 2.05. The van der Waals surface area contributed by atoms with Crippen LogP contribution in [0, 0.1) is 13.8 Å². The van der Waals surface area contributed by atoms with Crippen LogP contribution in [0.4, 0.5) is 17.5 Å². The minimum atomic E-state index is 0.468. The number of aryl methyl sites for hydroxylation is 2. The molecule has 0 amide bonds. The van der Waals surface area contributed by atoms with Crippen molar-refractivity contribution < 1.29 is 0 Å². The molecule has 1 aromatic heterocycles. The zero-order valence-corrected chi connectivity index (χ0v) is 15.1. The van der Waals surface area contributed by atoms with Crippen LogP contribution >= 0.6 is 15.9 Å². The smallest absolute Gasteiger partial charge is 0.249 e. The predicted octanol–water partition coefficient (Wildman–Crippen LogP) is 4.61. The number of aromatic nitrogens is 3. The Morgan fingerprint density at radius 2 is 1.88 bits per heavy atom. The SMILES string of the molecule is Cc1ccccc1CNc1cnnc(Nc2ccc(Br)cc2C)n1. The van der Waals surface area contributed by atoms with E-state index in [1.807, 2.05) is 37.3 Å². The fraction of sp³-hybridized carbons (Fsp3) is 0.167. The second kappa shape index (κ2) is 7.40. The van der Waals surface area contributed by atoms with Gasteiger partial charge in [-0.05, 0) is 48.7 Å². The van der Waals surface area contributed by atoms with E-state index < -0.39 is 0 Å². The molecule has 0 aliphatic heterocycles. The molecular weight excluding hydrogens is 366 g/mol. The first-order valence-corrected chi connectivity index (χ1v) is 8.42. The summed E-state index contributed by atoms with van der Waals surface area (Å²) < 4.78 is 1.04. The Kier molecular flexibility index (Phi) is 5.05. The standard InChI is InChI=1S/C18H18BrN5/c1-12-5-3-4-6-14(12)10-20-17-11-21-24-18(23-17)22-16-8-7-15(19)9-13(16)2/h3-9,11H,10H2,1-2H3,(H2,20,22,23,24). The van der Waals surface area contributed by atoms with Crippen molar-refractivity contribution in [3.8, 4) is 0 Å². The minimum absolute atomic E-state index is 0.468. The van der Waals surface area contributed by atoms with Gasteiger partial charge >= 0.3 is 0 Å². The molecular formula is C18H18BrN5. The molecule has 0 saturated carbocycles. The summed E-state index contributed by atoms with van der Waals surface area (Å²) in [6.45, 7) is 4.82. The first-order valence-electron chi connectivity index (χ1n) is 7.63. The molecule has 0 aliphatic carbocycles. The lowest BCUT2D eigenvalue weighted by Gasteiger charge is -2.10. The number of anilines is 3. The van der Waals surface area contributed by atoms with Crippen molar-refractivity contribution in [2.75, 3.05) is 10.6 Å². The number of nitrogens with one attached hydrogen (secondary N) is 2. The maximum Gasteiger partial charge on any atom is 0.249 e. The van der Waals surface area contributed by atoms with Crippen molar-refractivity contribution in [3.63, 3.8) is 0 Å². The van der Waals surface area contributed by atoms with Gasteiger partial charge in [-0.2, -0.15) is 10.1 Å². The third-order valence-electron chi connectivity index (χ3n) is 3.71. The van der Waals surface area contributed by atoms with Crippen LogP contribution in [-0.2, 0) is 6.54 Å². The van der Waals surface area contributed by atoms with Crippen molar-refractivity contribution >= 4 is 33.4 Å². The molecule has 0 aliphatic rings. The van der Waals surface area contributed by atoms with Crippen molar-refractivity contribution in [3.05, 3.63) is 69.8 Å². The third kappa shape index (κ3) is 4.08. The second-order valence-electron chi connectivity index (χ2n) is 5.53. The number of hydrogen-bond donors (Lipinski definition) is 2. The highest BCUT2D eigenvalue weighted by molar-refractivity contribution is 9.10. The van der Waals surface area contributed by atoms with Crippen LogP contribution in [0.1, 0.15) is 16.7 Å². The van der Waals surface area contributed by atoms with E-state index in [2.05, 4.69) is 60.8 Å². The van der Waals surface area contributed by atoms with Crippen molar-refractivity contribution in [2.24, 2.45) is 0 Å². The van der Waals surface area contributed by atoms with Gasteiger partial charge in [-0.25, -0.2) is 0 Å². The zero-order valence-electron chi connectivity index (χ0n) is 13.5. The Labute approximate surface area is 149 Å². The summed E-state index contributed by atoms with van der Waals surface area (Å²) in [5, 5.41) is 14.6. The summed E-state index contributed by atoms with van der Waals surface area (Å²) in [5.74, 6) is 1.15. The Balaban J connectivity index is 1.71. The Bertz CT molecular complexity index is 850. The van der Waals surface area contributed by atoms with Crippen LogP contribution in [0.5, 0.6) is 0 Å². The molecule has 24 heavy (non-hydrogen) atoms. The van der Waals surface area contributed by atoms with E-state index in [0.29, 0.717) is 18.3 Å². The molecule has 3 rings (SSSR count). The summed E-state index contributed by atoms with van der Waals surface area (Å²) in [6, 6.07) is 14.3. The summed E-state index contributed by atoms with van der Waals surface area (Å²) in [6.07, 6.45) is 1.62. The molecule has 0 radical (unpaired) electrons. The van der Waals surface area contributed by atoms with E-state index >= 15 is 0 Å². The van der Waals surface area contributed by atoms with Gasteiger partial charge in [-0.1, -0.05) is 40.2 Å². The molecule has 0 atom stereocenters. The fourth-order valence-corrected chi connectivity index (χ4v) is 2.80. The van der Waals surface area contributed by atoms with Crippen molar-refractivity contribution in [1.29, 1.82) is 0 Å². The van der Waals surface area contributed by atoms with Crippen LogP contribution in [0.2, 0.25) is 0 Å². The molecule has 122 valence electrons. The van der Waals surface area contributed by atoms with E-state index in [-0.39, 0.29) is 0 Å². The zero-order chi connectivity index (χ0) is 16.9. The van der Waals surface area contributed by atoms with E-state index in [9.17, 15) is 0 Å². The summed E-state index contributed by atoms with van der Waals surface area (Å²) in [4.78, 5) is 4.47. The molecule has 2 aromatic carbocycles. The third-order valence-corrected chi connectivity index (χ3v) is 4.21. The largest absolute Gasteiger partial charge is 0.365 e. The van der Waals surface area contributed by atoms with Crippen LogP contribution in [0.3, 0.4) is 0 Å². The predicted molar refractivity (Wildman–Crippen MR) is 100 cm³/mol. The van der Waals surface area contributed by atoms with Crippen molar-refractivity contribution in [1.82, 2.24) is 15.2 Å². The van der Waals surface area contributed by atoms with Gasteiger partial charge in [0.15, 0.2) is 5.82 Å². The number of nitrogens with zero attached hydrogens (tertiary/aromatic N) is 3. The lowest BCUT2D eigenvalue weighted by molar-refractivity contribution is 0.963. The summed E-state index contributed by atoms with van der Waals surface area (Å²) >= 11 is 3.46. The van der Waals surface area contributed by atoms with Gasteiger partial charge in [0, 0.05) is 16.7 Å². The summed E-state index contributed by atoms with van der Waals surface area (Å²) in [7, 11) is 0. The maximum absolute atomic E-state index is 4.47. The van der Waals surface area contributed by atoms with E-state index in [1.54, 1.807) is 6.20 Å². The van der Waals surface area contributed by atoms with E-state index in [1.165, 1.54) is 11.1 Å². The minimum Gasteiger partial charge on any atom is -0.365 e. The van der Waals surface area contributed by atoms with Crippen molar-refractivity contribution in [2.45, 2.75) is 20.4 Å². The highest BCUT2D eigenvalue weighted by atomic mass is 79.9. The molecule has 1 heterocycles. The first kappa shape index (κ1) is 16.4. The molecule has 0 spiro atoms. The Morgan fingerprint density at radius 1 is 1.04 bits per heavy atom. The summed E-state index contributed by atoms with van der Waals surface area (Å²) in [5.41, 5.74) is 4.53.